The number of hydrogen-bond acceptors (Lipinski definition) is 0. The minimum atomic E-state index is -1.40. The standard InChI is InChI=1S/C22H32Si2/c1-17-13-18(2)15-19(14-17)21(16-23(3,4)5)20-11-9-10-12-22(20)24(6,7)8/h9-16H,1-8H3. The van der Waals surface area contributed by atoms with E-state index in [9.17, 15) is 0 Å². The molecular weight excluding hydrogens is 320 g/mol. The number of hydrogen-bond donors (Lipinski definition) is 0. The first-order chi connectivity index (χ1) is 11.0. The van der Waals surface area contributed by atoms with Crippen LogP contribution in [0, 0.1) is 13.8 Å². The fraction of sp³-hybridized carbons (Fsp3) is 0.364. The molecule has 0 atom stereocenters. The molecule has 0 heterocycles. The Morgan fingerprint density at radius 3 is 1.83 bits per heavy atom. The van der Waals surface area contributed by atoms with Gasteiger partial charge in [0.05, 0.1) is 16.1 Å². The van der Waals surface area contributed by atoms with Crippen LogP contribution in [-0.2, 0) is 0 Å². The Labute approximate surface area is 150 Å². The van der Waals surface area contributed by atoms with Crippen molar-refractivity contribution in [3.05, 3.63) is 70.4 Å². The van der Waals surface area contributed by atoms with Gasteiger partial charge in [-0.15, -0.1) is 0 Å². The average Bonchev–Trinajstić information content (AvgIpc) is 2.42. The normalized spacial score (nSPS) is 13.2. The summed E-state index contributed by atoms with van der Waals surface area (Å²) in [7, 11) is -2.75. The van der Waals surface area contributed by atoms with Crippen molar-refractivity contribution < 1.29 is 0 Å². The van der Waals surface area contributed by atoms with Crippen molar-refractivity contribution in [2.24, 2.45) is 0 Å². The maximum atomic E-state index is 2.58. The van der Waals surface area contributed by atoms with E-state index in [1.165, 1.54) is 27.8 Å². The minimum absolute atomic E-state index is 1.34. The van der Waals surface area contributed by atoms with Crippen molar-refractivity contribution in [2.45, 2.75) is 53.1 Å². The molecule has 0 aliphatic rings. The molecule has 0 saturated heterocycles. The molecular formula is C22H32Si2. The lowest BCUT2D eigenvalue weighted by Crippen LogP contribution is -2.40. The van der Waals surface area contributed by atoms with Gasteiger partial charge in [-0.1, -0.05) is 104 Å². The molecule has 2 aromatic carbocycles. The van der Waals surface area contributed by atoms with Crippen LogP contribution in [0.15, 0.2) is 48.2 Å². The second kappa shape index (κ2) is 6.85. The van der Waals surface area contributed by atoms with Crippen LogP contribution in [0.25, 0.3) is 5.57 Å². The van der Waals surface area contributed by atoms with E-state index >= 15 is 0 Å². The van der Waals surface area contributed by atoms with Gasteiger partial charge in [-0.3, -0.25) is 0 Å². The zero-order chi connectivity index (χ0) is 18.1. The maximum Gasteiger partial charge on any atom is 0.0784 e. The molecule has 2 rings (SSSR count). The zero-order valence-corrected chi connectivity index (χ0v) is 18.6. The summed E-state index contributed by atoms with van der Waals surface area (Å²) in [6.07, 6.45) is 0. The SMILES string of the molecule is Cc1cc(C)cc(C(=C[Si](C)(C)C)c2ccccc2[Si](C)(C)C)c1. The van der Waals surface area contributed by atoms with Crippen LogP contribution in [0.5, 0.6) is 0 Å². The Kier molecular flexibility index (Phi) is 5.41. The fourth-order valence-electron chi connectivity index (χ4n) is 3.25. The van der Waals surface area contributed by atoms with Gasteiger partial charge in [0, 0.05) is 0 Å². The van der Waals surface area contributed by atoms with Crippen LogP contribution < -0.4 is 5.19 Å². The van der Waals surface area contributed by atoms with Crippen molar-refractivity contribution in [3.63, 3.8) is 0 Å². The van der Waals surface area contributed by atoms with Gasteiger partial charge < -0.3 is 0 Å². The van der Waals surface area contributed by atoms with Crippen LogP contribution in [0.3, 0.4) is 0 Å². The van der Waals surface area contributed by atoms with Crippen LogP contribution in [0.4, 0.5) is 0 Å². The summed E-state index contributed by atoms with van der Waals surface area (Å²) >= 11 is 0. The van der Waals surface area contributed by atoms with E-state index in [0.717, 1.165) is 0 Å². The molecule has 0 aliphatic carbocycles. The van der Waals surface area contributed by atoms with Crippen molar-refractivity contribution in [1.29, 1.82) is 0 Å². The summed E-state index contributed by atoms with van der Waals surface area (Å²) in [4.78, 5) is 0. The van der Waals surface area contributed by atoms with Gasteiger partial charge in [-0.2, -0.15) is 0 Å². The Balaban J connectivity index is 2.77. The Morgan fingerprint density at radius 1 is 0.792 bits per heavy atom. The molecule has 0 saturated carbocycles. The van der Waals surface area contributed by atoms with Gasteiger partial charge in [0.2, 0.25) is 0 Å². The highest BCUT2D eigenvalue weighted by atomic mass is 28.3. The topological polar surface area (TPSA) is 0 Å². The number of rotatable bonds is 4. The van der Waals surface area contributed by atoms with Gasteiger partial charge >= 0.3 is 0 Å². The van der Waals surface area contributed by atoms with E-state index < -0.39 is 16.1 Å². The molecule has 0 aromatic heterocycles. The second-order valence-corrected chi connectivity index (χ2v) is 19.2. The van der Waals surface area contributed by atoms with Gasteiger partial charge in [0.1, 0.15) is 0 Å². The second-order valence-electron chi connectivity index (χ2n) is 9.10. The summed E-state index contributed by atoms with van der Waals surface area (Å²) in [6.45, 7) is 19.0. The van der Waals surface area contributed by atoms with Crippen molar-refractivity contribution >= 4 is 26.9 Å². The largest absolute Gasteiger partial charge is 0.0867 e. The highest BCUT2D eigenvalue weighted by Crippen LogP contribution is 2.28. The predicted octanol–water partition coefficient (Wildman–Crippen LogP) is 6.16. The van der Waals surface area contributed by atoms with Crippen molar-refractivity contribution in [1.82, 2.24) is 0 Å². The Bertz CT molecular complexity index is 736. The summed E-state index contributed by atoms with van der Waals surface area (Å²) in [5.74, 6) is 0. The van der Waals surface area contributed by atoms with Gasteiger partial charge in [-0.05, 0) is 30.5 Å². The molecule has 0 amide bonds. The first kappa shape index (κ1) is 18.9. The molecule has 0 aliphatic heterocycles. The highest BCUT2D eigenvalue weighted by Gasteiger charge is 2.23. The van der Waals surface area contributed by atoms with Crippen LogP contribution in [-0.4, -0.2) is 16.1 Å². The van der Waals surface area contributed by atoms with Crippen LogP contribution in [0.2, 0.25) is 39.3 Å². The Hall–Kier alpha value is -1.39. The molecule has 2 heteroatoms. The summed E-state index contributed by atoms with van der Waals surface area (Å²) in [6, 6.07) is 16.0. The predicted molar refractivity (Wildman–Crippen MR) is 116 cm³/mol. The summed E-state index contributed by atoms with van der Waals surface area (Å²) in [5.41, 5.74) is 9.54. The third-order valence-electron chi connectivity index (χ3n) is 4.14. The Morgan fingerprint density at radius 2 is 1.33 bits per heavy atom. The van der Waals surface area contributed by atoms with Gasteiger partial charge in [-0.25, -0.2) is 0 Å². The van der Waals surface area contributed by atoms with Crippen molar-refractivity contribution in [3.8, 4) is 0 Å². The molecule has 0 unspecified atom stereocenters. The molecule has 0 fully saturated rings. The smallest absolute Gasteiger partial charge is 0.0784 e. The first-order valence-corrected chi connectivity index (χ1v) is 16.0. The molecule has 24 heavy (non-hydrogen) atoms. The van der Waals surface area contributed by atoms with E-state index in [-0.39, 0.29) is 0 Å². The van der Waals surface area contributed by atoms with E-state index in [1.54, 1.807) is 5.19 Å². The number of aryl methyl sites for hydroxylation is 2. The summed E-state index contributed by atoms with van der Waals surface area (Å²) < 4.78 is 0. The number of benzene rings is 2. The molecule has 2 aromatic rings. The molecule has 0 nitrogen and oxygen atoms in total. The monoisotopic (exact) mass is 352 g/mol. The molecule has 0 bridgehead atoms. The quantitative estimate of drug-likeness (QED) is 0.578. The maximum absolute atomic E-state index is 2.58. The third-order valence-corrected chi connectivity index (χ3v) is 7.34. The van der Waals surface area contributed by atoms with Gasteiger partial charge in [0.25, 0.3) is 0 Å². The van der Waals surface area contributed by atoms with E-state index in [1.807, 2.05) is 0 Å². The zero-order valence-electron chi connectivity index (χ0n) is 16.6. The van der Waals surface area contributed by atoms with Crippen LogP contribution in [0.1, 0.15) is 22.3 Å². The van der Waals surface area contributed by atoms with E-state index in [2.05, 4.69) is 101 Å². The third kappa shape index (κ3) is 4.81. The molecule has 128 valence electrons. The average molecular weight is 353 g/mol. The summed E-state index contributed by atoms with van der Waals surface area (Å²) in [5, 5.41) is 1.56. The lowest BCUT2D eigenvalue weighted by Gasteiger charge is -2.25. The molecule has 0 radical (unpaired) electrons. The molecule has 0 N–H and O–H groups in total. The van der Waals surface area contributed by atoms with Crippen molar-refractivity contribution in [2.75, 3.05) is 0 Å². The van der Waals surface area contributed by atoms with Gasteiger partial charge in [0.15, 0.2) is 0 Å². The highest BCUT2D eigenvalue weighted by molar-refractivity contribution is 6.89. The van der Waals surface area contributed by atoms with E-state index in [0.29, 0.717) is 0 Å². The lowest BCUT2D eigenvalue weighted by molar-refractivity contribution is 1.36. The van der Waals surface area contributed by atoms with Crippen LogP contribution >= 0.6 is 0 Å². The lowest BCUT2D eigenvalue weighted by atomic mass is 9.96. The minimum Gasteiger partial charge on any atom is -0.0867 e. The first-order valence-electron chi connectivity index (χ1n) is 8.89. The van der Waals surface area contributed by atoms with E-state index in [4.69, 9.17) is 0 Å². The molecule has 0 spiro atoms. The fourth-order valence-corrected chi connectivity index (χ4v) is 6.06.